The summed E-state index contributed by atoms with van der Waals surface area (Å²) < 4.78 is 12.1. The van der Waals surface area contributed by atoms with Crippen LogP contribution in [0.25, 0.3) is 20.9 Å². The molecular weight excluding hydrogens is 514 g/mol. The third-order valence-electron chi connectivity index (χ3n) is 7.80. The van der Waals surface area contributed by atoms with Crippen molar-refractivity contribution in [2.24, 2.45) is 22.1 Å². The van der Waals surface area contributed by atoms with E-state index in [4.69, 9.17) is 15.0 Å². The average Bonchev–Trinajstić information content (AvgIpc) is 2.96. The number of ether oxygens (including phenoxy) is 2. The van der Waals surface area contributed by atoms with Crippen molar-refractivity contribution < 1.29 is 24.5 Å². The normalized spacial score (nSPS) is 29.9. The minimum absolute atomic E-state index is 0.133. The first-order chi connectivity index (χ1) is 19.4. The van der Waals surface area contributed by atoms with Crippen LogP contribution in [0.4, 0.5) is 4.79 Å². The second-order valence-corrected chi connectivity index (χ2v) is 10.5. The topological polar surface area (TPSA) is 177 Å². The molecule has 1 amide bonds. The first-order valence-electron chi connectivity index (χ1n) is 13.5. The third-order valence-corrected chi connectivity index (χ3v) is 7.80. The first-order valence-corrected chi connectivity index (χ1v) is 13.5. The van der Waals surface area contributed by atoms with Gasteiger partial charge in [-0.25, -0.2) is 4.79 Å². The average molecular weight is 550 g/mol. The Bertz CT molecular complexity index is 1210. The van der Waals surface area contributed by atoms with Gasteiger partial charge in [0.15, 0.2) is 0 Å². The highest BCUT2D eigenvalue weighted by Gasteiger charge is 2.49. The molecule has 2 aliphatic rings. The predicted octanol–water partition coefficient (Wildman–Crippen LogP) is 5.11. The number of nitrogens with zero attached hydrogens (tertiary/aromatic N) is 7. The van der Waals surface area contributed by atoms with Gasteiger partial charge in [0.2, 0.25) is 0 Å². The van der Waals surface area contributed by atoms with E-state index in [0.717, 1.165) is 11.1 Å². The summed E-state index contributed by atoms with van der Waals surface area (Å²) in [4.78, 5) is 20.6. The van der Waals surface area contributed by atoms with Crippen LogP contribution in [0.15, 0.2) is 70.9 Å². The number of benzene rings is 2. The lowest BCUT2D eigenvalue weighted by atomic mass is 9.69. The van der Waals surface area contributed by atoms with Gasteiger partial charge in [-0.2, -0.15) is 0 Å². The van der Waals surface area contributed by atoms with Crippen LogP contribution in [0.1, 0.15) is 37.3 Å². The summed E-state index contributed by atoms with van der Waals surface area (Å²) in [5.74, 6) is -0.753. The Labute approximate surface area is 232 Å². The van der Waals surface area contributed by atoms with E-state index >= 15 is 0 Å². The van der Waals surface area contributed by atoms with Gasteiger partial charge in [-0.05, 0) is 47.4 Å². The quantitative estimate of drug-likeness (QED) is 0.250. The summed E-state index contributed by atoms with van der Waals surface area (Å²) in [5, 5.41) is 29.3. The number of rotatable bonds is 9. The van der Waals surface area contributed by atoms with E-state index in [1.54, 1.807) is 4.90 Å². The highest BCUT2D eigenvalue weighted by Crippen LogP contribution is 2.40. The van der Waals surface area contributed by atoms with Crippen molar-refractivity contribution in [2.75, 3.05) is 6.54 Å². The van der Waals surface area contributed by atoms with E-state index in [2.05, 4.69) is 20.1 Å². The molecule has 4 rings (SSSR count). The van der Waals surface area contributed by atoms with Crippen LogP contribution in [0.3, 0.4) is 0 Å². The fourth-order valence-electron chi connectivity index (χ4n) is 5.81. The monoisotopic (exact) mass is 549 g/mol. The van der Waals surface area contributed by atoms with Crippen molar-refractivity contribution in [3.8, 4) is 0 Å². The molecule has 40 heavy (non-hydrogen) atoms. The third kappa shape index (κ3) is 7.24. The van der Waals surface area contributed by atoms with Gasteiger partial charge in [-0.1, -0.05) is 77.8 Å². The molecule has 0 radical (unpaired) electrons. The van der Waals surface area contributed by atoms with Gasteiger partial charge in [-0.15, -0.1) is 0 Å². The van der Waals surface area contributed by atoms with E-state index in [1.807, 2.05) is 67.6 Å². The summed E-state index contributed by atoms with van der Waals surface area (Å²) in [6.45, 7) is 2.56. The van der Waals surface area contributed by atoms with Crippen LogP contribution in [0.5, 0.6) is 0 Å². The lowest BCUT2D eigenvalue weighted by Crippen LogP contribution is -2.58. The zero-order chi connectivity index (χ0) is 28.5. The van der Waals surface area contributed by atoms with Crippen molar-refractivity contribution in [2.45, 2.75) is 75.8 Å². The number of aliphatic hydroxyl groups is 2. The maximum absolute atomic E-state index is 13.3. The summed E-state index contributed by atoms with van der Waals surface area (Å²) in [7, 11) is 0. The second-order valence-electron chi connectivity index (χ2n) is 10.5. The molecule has 1 aliphatic carbocycles. The Hall–Kier alpha value is -3.79. The first kappa shape index (κ1) is 29.2. The summed E-state index contributed by atoms with van der Waals surface area (Å²) in [5.41, 5.74) is 19.9. The number of carbonyl (C=O) groups excluding carboxylic acids is 1. The van der Waals surface area contributed by atoms with Crippen LogP contribution < -0.4 is 0 Å². The van der Waals surface area contributed by atoms with E-state index in [1.165, 1.54) is 0 Å². The molecule has 12 nitrogen and oxygen atoms in total. The fraction of sp³-hybridized carbons (Fsp3) is 0.536. The van der Waals surface area contributed by atoms with Gasteiger partial charge in [0.1, 0.15) is 6.61 Å². The molecule has 1 saturated heterocycles. The standard InChI is InChI=1S/C28H35N7O5/c1-18-14-23(32-34-30)25(36)26(37)24(18)27-22(31-33-29)13-12-21(40-27)16-35(15-19-8-4-2-5-9-19)28(38)39-17-20-10-6-3-7-11-20/h2-11,18,21-27,36-37H,12-17H2,1H3/t18-,21-,22?,23?,24+,25-,26-,27?/m0/s1. The Morgan fingerprint density at radius 1 is 0.975 bits per heavy atom. The number of amides is 1. The lowest BCUT2D eigenvalue weighted by molar-refractivity contribution is -0.164. The van der Waals surface area contributed by atoms with E-state index in [9.17, 15) is 20.5 Å². The number of hydrogen-bond acceptors (Lipinski definition) is 7. The van der Waals surface area contributed by atoms with Crippen LogP contribution in [-0.2, 0) is 22.6 Å². The highest BCUT2D eigenvalue weighted by molar-refractivity contribution is 5.67. The Kier molecular flexibility index (Phi) is 10.2. The maximum Gasteiger partial charge on any atom is 0.410 e. The van der Waals surface area contributed by atoms with Crippen LogP contribution in [0.2, 0.25) is 0 Å². The Balaban J connectivity index is 1.51. The summed E-state index contributed by atoms with van der Waals surface area (Å²) in [6, 6.07) is 17.7. The fourth-order valence-corrected chi connectivity index (χ4v) is 5.81. The summed E-state index contributed by atoms with van der Waals surface area (Å²) in [6.07, 6.45) is -2.74. The van der Waals surface area contributed by atoms with Crippen molar-refractivity contribution in [3.05, 3.63) is 92.7 Å². The van der Waals surface area contributed by atoms with Crippen LogP contribution in [-0.4, -0.2) is 64.3 Å². The lowest BCUT2D eigenvalue weighted by Gasteiger charge is -2.48. The number of carbonyl (C=O) groups is 1. The molecule has 0 spiro atoms. The number of aliphatic hydroxyl groups excluding tert-OH is 2. The van der Waals surface area contributed by atoms with E-state index < -0.39 is 48.5 Å². The number of azide groups is 2. The van der Waals surface area contributed by atoms with Gasteiger partial charge in [0.05, 0.1) is 43.0 Å². The molecule has 2 fully saturated rings. The molecule has 2 N–H and O–H groups in total. The van der Waals surface area contributed by atoms with E-state index in [-0.39, 0.29) is 19.1 Å². The van der Waals surface area contributed by atoms with Gasteiger partial charge >= 0.3 is 6.09 Å². The Morgan fingerprint density at radius 2 is 1.60 bits per heavy atom. The maximum atomic E-state index is 13.3. The van der Waals surface area contributed by atoms with Crippen molar-refractivity contribution in [1.29, 1.82) is 0 Å². The van der Waals surface area contributed by atoms with Crippen molar-refractivity contribution >= 4 is 6.09 Å². The molecule has 8 atom stereocenters. The molecule has 2 aromatic carbocycles. The number of hydrogen-bond donors (Lipinski definition) is 2. The van der Waals surface area contributed by atoms with Gasteiger partial charge in [-0.3, -0.25) is 0 Å². The Morgan fingerprint density at radius 3 is 2.25 bits per heavy atom. The molecule has 1 heterocycles. The van der Waals surface area contributed by atoms with Crippen molar-refractivity contribution in [3.63, 3.8) is 0 Å². The highest BCUT2D eigenvalue weighted by atomic mass is 16.6. The zero-order valence-corrected chi connectivity index (χ0v) is 22.4. The smallest absolute Gasteiger partial charge is 0.410 e. The molecule has 3 unspecified atom stereocenters. The molecule has 12 heteroatoms. The molecule has 212 valence electrons. The van der Waals surface area contributed by atoms with E-state index in [0.29, 0.717) is 25.8 Å². The molecule has 1 saturated carbocycles. The largest absolute Gasteiger partial charge is 0.445 e. The minimum atomic E-state index is -1.27. The van der Waals surface area contributed by atoms with Crippen LogP contribution >= 0.6 is 0 Å². The van der Waals surface area contributed by atoms with Gasteiger partial charge in [0.25, 0.3) is 0 Å². The second kappa shape index (κ2) is 14.0. The minimum Gasteiger partial charge on any atom is -0.445 e. The zero-order valence-electron chi connectivity index (χ0n) is 22.4. The molecule has 0 aromatic heterocycles. The van der Waals surface area contributed by atoms with Crippen LogP contribution in [0, 0.1) is 11.8 Å². The van der Waals surface area contributed by atoms with Gasteiger partial charge in [0, 0.05) is 22.3 Å². The van der Waals surface area contributed by atoms with Crippen molar-refractivity contribution in [1.82, 2.24) is 4.90 Å². The van der Waals surface area contributed by atoms with Gasteiger partial charge < -0.3 is 24.6 Å². The summed E-state index contributed by atoms with van der Waals surface area (Å²) >= 11 is 0. The molecular formula is C28H35N7O5. The SMILES string of the molecule is C[C@H]1CC(N=[N+]=[N-])[C@H](O)[C@@H](O)[C@@H]1C1O[C@H](CN(Cc2ccccc2)C(=O)OCc2ccccc2)CCC1N=[N+]=[N-]. The molecule has 2 aromatic rings. The predicted molar refractivity (Wildman–Crippen MR) is 147 cm³/mol. The molecule has 1 aliphatic heterocycles. The molecule has 0 bridgehead atoms.